The van der Waals surface area contributed by atoms with Crippen molar-refractivity contribution in [3.05, 3.63) is 23.8 Å². The van der Waals surface area contributed by atoms with Crippen LogP contribution >= 0.6 is 0 Å². The van der Waals surface area contributed by atoms with Crippen molar-refractivity contribution in [1.29, 1.82) is 0 Å². The SMILES string of the molecule is Cc1cc(S(=O)(=O)[O-])ccc1N1N=C(C(=O)[O-])CC1=O.[Na+].[Na+]. The Labute approximate surface area is 170 Å². The molecule has 0 saturated carbocycles. The number of carboxylic acids is 1. The molecule has 11 heteroatoms. The van der Waals surface area contributed by atoms with E-state index in [4.69, 9.17) is 0 Å². The molecular weight excluding hydrogens is 334 g/mol. The van der Waals surface area contributed by atoms with E-state index in [0.29, 0.717) is 5.56 Å². The number of amides is 1. The number of aryl methyl sites for hydroxylation is 1. The molecule has 8 nitrogen and oxygen atoms in total. The van der Waals surface area contributed by atoms with Crippen LogP contribution in [-0.2, 0) is 19.7 Å². The van der Waals surface area contributed by atoms with Crippen LogP contribution in [0.1, 0.15) is 12.0 Å². The molecule has 0 spiro atoms. The number of benzene rings is 1. The molecule has 106 valence electrons. The molecule has 0 aromatic heterocycles. The Balaban J connectivity index is 0.00000220. The van der Waals surface area contributed by atoms with E-state index >= 15 is 0 Å². The van der Waals surface area contributed by atoms with Crippen LogP contribution in [0.4, 0.5) is 5.69 Å². The molecular formula is C11H8N2Na2O6S. The molecule has 1 aromatic carbocycles. The van der Waals surface area contributed by atoms with Crippen LogP contribution < -0.4 is 69.2 Å². The first-order valence-corrected chi connectivity index (χ1v) is 6.79. The van der Waals surface area contributed by atoms with Gasteiger partial charge in [-0.2, -0.15) is 10.1 Å². The maximum absolute atomic E-state index is 11.7. The maximum atomic E-state index is 11.7. The third kappa shape index (κ3) is 4.62. The Hall–Kier alpha value is -0.260. The molecule has 1 amide bonds. The summed E-state index contributed by atoms with van der Waals surface area (Å²) in [6, 6.07) is 3.35. The first kappa shape index (κ1) is 21.7. The Morgan fingerprint density at radius 2 is 1.91 bits per heavy atom. The Morgan fingerprint density at radius 1 is 1.32 bits per heavy atom. The molecule has 0 bridgehead atoms. The van der Waals surface area contributed by atoms with Gasteiger partial charge in [-0.05, 0) is 30.7 Å². The number of carboxylic acid groups (broad SMARTS) is 1. The molecule has 22 heavy (non-hydrogen) atoms. The Kier molecular flexibility index (Phi) is 7.93. The van der Waals surface area contributed by atoms with Crippen molar-refractivity contribution in [2.45, 2.75) is 18.2 Å². The number of carbonyl (C=O) groups is 2. The largest absolute Gasteiger partial charge is 1.00 e. The van der Waals surface area contributed by atoms with Gasteiger partial charge >= 0.3 is 59.1 Å². The predicted molar refractivity (Wildman–Crippen MR) is 63.7 cm³/mol. The summed E-state index contributed by atoms with van der Waals surface area (Å²) in [6.07, 6.45) is -0.399. The van der Waals surface area contributed by atoms with Gasteiger partial charge in [0.2, 0.25) is 0 Å². The Bertz CT molecular complexity index is 747. The Morgan fingerprint density at radius 3 is 2.32 bits per heavy atom. The summed E-state index contributed by atoms with van der Waals surface area (Å²) in [7, 11) is -4.60. The number of anilines is 1. The average Bonchev–Trinajstić information content (AvgIpc) is 2.70. The van der Waals surface area contributed by atoms with Crippen LogP contribution in [0.3, 0.4) is 0 Å². The van der Waals surface area contributed by atoms with Gasteiger partial charge in [0.05, 0.1) is 28.7 Å². The van der Waals surface area contributed by atoms with E-state index in [1.807, 2.05) is 0 Å². The molecule has 0 N–H and O–H groups in total. The third-order valence-corrected chi connectivity index (χ3v) is 3.53. The van der Waals surface area contributed by atoms with Crippen molar-refractivity contribution in [1.82, 2.24) is 0 Å². The summed E-state index contributed by atoms with van der Waals surface area (Å²) in [6.45, 7) is 1.48. The normalized spacial score (nSPS) is 14.0. The first-order chi connectivity index (χ1) is 9.20. The van der Waals surface area contributed by atoms with E-state index in [1.165, 1.54) is 13.0 Å². The van der Waals surface area contributed by atoms with Gasteiger partial charge in [0.25, 0.3) is 5.91 Å². The van der Waals surface area contributed by atoms with E-state index < -0.39 is 39.0 Å². The molecule has 2 rings (SSSR count). The minimum atomic E-state index is -4.60. The summed E-state index contributed by atoms with van der Waals surface area (Å²) in [5, 5.41) is 15.1. The monoisotopic (exact) mass is 342 g/mol. The summed E-state index contributed by atoms with van der Waals surface area (Å²) >= 11 is 0. The fourth-order valence-electron chi connectivity index (χ4n) is 1.75. The second-order valence-electron chi connectivity index (χ2n) is 4.12. The molecule has 1 aliphatic heterocycles. The summed E-state index contributed by atoms with van der Waals surface area (Å²) in [5.41, 5.74) is 0.104. The van der Waals surface area contributed by atoms with Gasteiger partial charge in [0.1, 0.15) is 10.1 Å². The number of hydrazone groups is 1. The molecule has 0 unspecified atom stereocenters. The number of rotatable bonds is 3. The van der Waals surface area contributed by atoms with Crippen LogP contribution in [-0.4, -0.2) is 30.6 Å². The maximum Gasteiger partial charge on any atom is 1.00 e. The fourth-order valence-corrected chi connectivity index (χ4v) is 2.31. The summed E-state index contributed by atoms with van der Waals surface area (Å²) in [5.74, 6) is -2.12. The van der Waals surface area contributed by atoms with E-state index in [0.717, 1.165) is 17.1 Å². The van der Waals surface area contributed by atoms with Gasteiger partial charge in [-0.1, -0.05) is 0 Å². The average molecular weight is 342 g/mol. The minimum Gasteiger partial charge on any atom is -0.744 e. The molecule has 0 fully saturated rings. The van der Waals surface area contributed by atoms with Crippen molar-refractivity contribution in [3.8, 4) is 0 Å². The van der Waals surface area contributed by atoms with Gasteiger partial charge in [0, 0.05) is 0 Å². The second kappa shape index (κ2) is 8.02. The molecule has 0 saturated heterocycles. The minimum absolute atomic E-state index is 0. The number of nitrogens with zero attached hydrogens (tertiary/aromatic N) is 2. The zero-order valence-electron chi connectivity index (χ0n) is 12.2. The van der Waals surface area contributed by atoms with Crippen molar-refractivity contribution in [2.24, 2.45) is 5.10 Å². The van der Waals surface area contributed by atoms with Gasteiger partial charge in [-0.3, -0.25) is 4.79 Å². The van der Waals surface area contributed by atoms with Crippen molar-refractivity contribution >= 4 is 33.4 Å². The quantitative estimate of drug-likeness (QED) is 0.396. The molecule has 0 radical (unpaired) electrons. The summed E-state index contributed by atoms with van der Waals surface area (Å²) < 4.78 is 32.6. The van der Waals surface area contributed by atoms with Gasteiger partial charge < -0.3 is 14.5 Å². The molecule has 1 aliphatic rings. The van der Waals surface area contributed by atoms with Crippen LogP contribution in [0.25, 0.3) is 0 Å². The smallest absolute Gasteiger partial charge is 0.744 e. The van der Waals surface area contributed by atoms with E-state index in [1.54, 1.807) is 0 Å². The van der Waals surface area contributed by atoms with Gasteiger partial charge in [-0.15, -0.1) is 0 Å². The van der Waals surface area contributed by atoms with Gasteiger partial charge in [-0.25, -0.2) is 8.42 Å². The molecule has 0 aliphatic carbocycles. The third-order valence-electron chi connectivity index (χ3n) is 2.70. The van der Waals surface area contributed by atoms with E-state index in [2.05, 4.69) is 5.10 Å². The van der Waals surface area contributed by atoms with Crippen LogP contribution in [0, 0.1) is 6.92 Å². The van der Waals surface area contributed by atoms with Crippen molar-refractivity contribution in [3.63, 3.8) is 0 Å². The van der Waals surface area contributed by atoms with E-state index in [-0.39, 0.29) is 64.8 Å². The van der Waals surface area contributed by atoms with E-state index in [9.17, 15) is 27.7 Å². The zero-order chi connectivity index (χ0) is 15.1. The molecule has 0 atom stereocenters. The number of aliphatic carboxylic acids is 1. The number of carbonyl (C=O) groups excluding carboxylic acids is 2. The van der Waals surface area contributed by atoms with Crippen LogP contribution in [0.2, 0.25) is 0 Å². The van der Waals surface area contributed by atoms with Crippen molar-refractivity contribution in [2.75, 3.05) is 5.01 Å². The fraction of sp³-hybridized carbons (Fsp3) is 0.182. The topological polar surface area (TPSA) is 130 Å². The van der Waals surface area contributed by atoms with Crippen LogP contribution in [0.15, 0.2) is 28.2 Å². The zero-order valence-corrected chi connectivity index (χ0v) is 17.0. The first-order valence-electron chi connectivity index (χ1n) is 5.38. The van der Waals surface area contributed by atoms with Gasteiger partial charge in [0.15, 0.2) is 0 Å². The standard InChI is InChI=1S/C11H10N2O6S.2Na/c1-6-4-7(20(17,18)19)2-3-9(6)13-10(14)5-8(12-13)11(15)16;;/h2-4H,5H2,1H3,(H,15,16)(H,17,18,19);;/q;2*+1/p-2. The molecule has 1 heterocycles. The van der Waals surface area contributed by atoms with Crippen molar-refractivity contribution < 1.29 is 86.8 Å². The molecule has 1 aromatic rings. The predicted octanol–water partition coefficient (Wildman–Crippen LogP) is -7.25. The summed E-state index contributed by atoms with van der Waals surface area (Å²) in [4.78, 5) is 21.9. The number of hydrogen-bond acceptors (Lipinski definition) is 7. The van der Waals surface area contributed by atoms with Crippen LogP contribution in [0.5, 0.6) is 0 Å². The number of hydrogen-bond donors (Lipinski definition) is 0. The second-order valence-corrected chi connectivity index (χ2v) is 5.50.